The normalized spacial score (nSPS) is 11.2. The van der Waals surface area contributed by atoms with Crippen molar-refractivity contribution in [2.24, 2.45) is 0 Å². The molecule has 1 aromatic carbocycles. The highest BCUT2D eigenvalue weighted by Gasteiger charge is 2.07. The highest BCUT2D eigenvalue weighted by molar-refractivity contribution is 5.90. The van der Waals surface area contributed by atoms with Crippen LogP contribution in [0.25, 0.3) is 6.08 Å². The summed E-state index contributed by atoms with van der Waals surface area (Å²) < 4.78 is 17.2. The number of ether oxygens (including phenoxy) is 1. The standard InChI is InChI=1S/C15H13FN2O3/c1-21-15(20)14(19)7-13-9-17-12(8-18-13)6-10-2-4-11(16)5-3-10/h2-5,7-9,19H,6H2,1H3. The van der Waals surface area contributed by atoms with Gasteiger partial charge in [-0.3, -0.25) is 9.97 Å². The molecule has 0 atom stereocenters. The maximum Gasteiger partial charge on any atom is 0.373 e. The van der Waals surface area contributed by atoms with Crippen molar-refractivity contribution in [2.45, 2.75) is 6.42 Å². The molecule has 1 aromatic heterocycles. The number of methoxy groups -OCH3 is 1. The van der Waals surface area contributed by atoms with Gasteiger partial charge in [0.1, 0.15) is 5.82 Å². The summed E-state index contributed by atoms with van der Waals surface area (Å²) in [7, 11) is 1.17. The Morgan fingerprint density at radius 1 is 1.29 bits per heavy atom. The van der Waals surface area contributed by atoms with Gasteiger partial charge in [-0.1, -0.05) is 12.1 Å². The summed E-state index contributed by atoms with van der Waals surface area (Å²) in [4.78, 5) is 19.3. The fourth-order valence-electron chi connectivity index (χ4n) is 1.65. The Morgan fingerprint density at radius 2 is 2.00 bits per heavy atom. The molecule has 0 aliphatic carbocycles. The Hall–Kier alpha value is -2.76. The summed E-state index contributed by atoms with van der Waals surface area (Å²) in [5.74, 6) is -1.67. The fourth-order valence-corrected chi connectivity index (χ4v) is 1.65. The average Bonchev–Trinajstić information content (AvgIpc) is 2.50. The molecule has 0 radical (unpaired) electrons. The van der Waals surface area contributed by atoms with E-state index in [2.05, 4.69) is 14.7 Å². The quantitative estimate of drug-likeness (QED) is 0.531. The molecule has 0 aliphatic rings. The van der Waals surface area contributed by atoms with Crippen LogP contribution >= 0.6 is 0 Å². The number of nitrogens with zero attached hydrogens (tertiary/aromatic N) is 2. The number of aliphatic hydroxyl groups is 1. The first-order chi connectivity index (χ1) is 10.1. The zero-order valence-corrected chi connectivity index (χ0v) is 11.3. The lowest BCUT2D eigenvalue weighted by molar-refractivity contribution is -0.138. The second kappa shape index (κ2) is 6.60. The van der Waals surface area contributed by atoms with Gasteiger partial charge in [0, 0.05) is 18.7 Å². The Balaban J connectivity index is 2.08. The van der Waals surface area contributed by atoms with Gasteiger partial charge in [-0.25, -0.2) is 9.18 Å². The predicted molar refractivity (Wildman–Crippen MR) is 73.9 cm³/mol. The first-order valence-corrected chi connectivity index (χ1v) is 6.13. The molecule has 0 unspecified atom stereocenters. The number of hydrogen-bond donors (Lipinski definition) is 1. The van der Waals surface area contributed by atoms with Crippen molar-refractivity contribution in [1.82, 2.24) is 9.97 Å². The van der Waals surface area contributed by atoms with Crippen LogP contribution in [0.1, 0.15) is 17.0 Å². The van der Waals surface area contributed by atoms with E-state index in [1.807, 2.05) is 0 Å². The molecule has 5 nitrogen and oxygen atoms in total. The van der Waals surface area contributed by atoms with Gasteiger partial charge in [-0.05, 0) is 17.7 Å². The molecule has 21 heavy (non-hydrogen) atoms. The third kappa shape index (κ3) is 4.10. The molecule has 6 heteroatoms. The number of halogens is 1. The van der Waals surface area contributed by atoms with Crippen LogP contribution in [-0.4, -0.2) is 28.2 Å². The zero-order valence-electron chi connectivity index (χ0n) is 11.3. The Kier molecular flexibility index (Phi) is 4.61. The van der Waals surface area contributed by atoms with E-state index in [1.165, 1.54) is 37.7 Å². The number of aromatic nitrogens is 2. The van der Waals surface area contributed by atoms with Crippen LogP contribution < -0.4 is 0 Å². The molecule has 0 saturated carbocycles. The highest BCUT2D eigenvalue weighted by Crippen LogP contribution is 2.09. The second-order valence-corrected chi connectivity index (χ2v) is 4.26. The third-order valence-corrected chi connectivity index (χ3v) is 2.70. The van der Waals surface area contributed by atoms with E-state index in [9.17, 15) is 14.3 Å². The number of carbonyl (C=O) groups is 1. The average molecular weight is 288 g/mol. The summed E-state index contributed by atoms with van der Waals surface area (Å²) in [6.07, 6.45) is 4.64. The molecule has 0 aliphatic heterocycles. The van der Waals surface area contributed by atoms with Crippen LogP contribution in [0.5, 0.6) is 0 Å². The summed E-state index contributed by atoms with van der Waals surface area (Å²) in [6.45, 7) is 0. The van der Waals surface area contributed by atoms with Gasteiger partial charge < -0.3 is 9.84 Å². The van der Waals surface area contributed by atoms with Gasteiger partial charge >= 0.3 is 5.97 Å². The van der Waals surface area contributed by atoms with Crippen molar-refractivity contribution in [3.63, 3.8) is 0 Å². The van der Waals surface area contributed by atoms with Gasteiger partial charge in [0.2, 0.25) is 5.76 Å². The topological polar surface area (TPSA) is 72.3 Å². The van der Waals surface area contributed by atoms with Gasteiger partial charge in [-0.15, -0.1) is 0 Å². The predicted octanol–water partition coefficient (Wildman–Crippen LogP) is 2.28. The number of hydrogen-bond acceptors (Lipinski definition) is 5. The maximum atomic E-state index is 12.8. The minimum atomic E-state index is -0.841. The molecule has 108 valence electrons. The molecule has 1 N–H and O–H groups in total. The molecule has 2 aromatic rings. The summed E-state index contributed by atoms with van der Waals surface area (Å²) in [6, 6.07) is 6.12. The lowest BCUT2D eigenvalue weighted by Crippen LogP contribution is -2.04. The second-order valence-electron chi connectivity index (χ2n) is 4.26. The van der Waals surface area contributed by atoms with Crippen molar-refractivity contribution >= 4 is 12.0 Å². The number of carbonyl (C=O) groups excluding carboxylic acids is 1. The Bertz CT molecular complexity index is 652. The fraction of sp³-hybridized carbons (Fsp3) is 0.133. The van der Waals surface area contributed by atoms with E-state index >= 15 is 0 Å². The van der Waals surface area contributed by atoms with Crippen LogP contribution in [0.3, 0.4) is 0 Å². The van der Waals surface area contributed by atoms with E-state index in [1.54, 1.807) is 12.1 Å². The molecule has 0 spiro atoms. The van der Waals surface area contributed by atoms with Gasteiger partial charge in [0.15, 0.2) is 0 Å². The van der Waals surface area contributed by atoms with Crippen LogP contribution in [0, 0.1) is 5.82 Å². The van der Waals surface area contributed by atoms with E-state index < -0.39 is 11.7 Å². The first kappa shape index (κ1) is 14.6. The Labute approximate surface area is 120 Å². The van der Waals surface area contributed by atoms with E-state index in [4.69, 9.17) is 0 Å². The lowest BCUT2D eigenvalue weighted by Gasteiger charge is -2.02. The first-order valence-electron chi connectivity index (χ1n) is 6.13. The SMILES string of the molecule is COC(=O)C(O)=Cc1cnc(Cc2ccc(F)cc2)cn1. The van der Waals surface area contributed by atoms with Crippen LogP contribution in [-0.2, 0) is 16.0 Å². The number of rotatable bonds is 4. The van der Waals surface area contributed by atoms with Crippen molar-refractivity contribution in [3.05, 3.63) is 65.2 Å². The molecule has 0 saturated heterocycles. The molecule has 1 heterocycles. The summed E-state index contributed by atoms with van der Waals surface area (Å²) in [5.41, 5.74) is 1.93. The Morgan fingerprint density at radius 3 is 2.57 bits per heavy atom. The summed E-state index contributed by atoms with van der Waals surface area (Å²) in [5, 5.41) is 9.38. The minimum Gasteiger partial charge on any atom is -0.502 e. The van der Waals surface area contributed by atoms with Gasteiger partial charge in [0.25, 0.3) is 0 Å². The molecule has 2 rings (SSSR count). The molecular weight excluding hydrogens is 275 g/mol. The highest BCUT2D eigenvalue weighted by atomic mass is 19.1. The molecule has 0 amide bonds. The smallest absolute Gasteiger partial charge is 0.373 e. The van der Waals surface area contributed by atoms with Crippen molar-refractivity contribution < 1.29 is 19.0 Å². The van der Waals surface area contributed by atoms with E-state index in [0.717, 1.165) is 5.56 Å². The number of esters is 1. The van der Waals surface area contributed by atoms with Crippen molar-refractivity contribution in [2.75, 3.05) is 7.11 Å². The number of benzene rings is 1. The van der Waals surface area contributed by atoms with Crippen LogP contribution in [0.15, 0.2) is 42.4 Å². The maximum absolute atomic E-state index is 12.8. The van der Waals surface area contributed by atoms with E-state index in [-0.39, 0.29) is 5.82 Å². The molecule has 0 bridgehead atoms. The van der Waals surface area contributed by atoms with Gasteiger partial charge in [-0.2, -0.15) is 0 Å². The van der Waals surface area contributed by atoms with Crippen molar-refractivity contribution in [3.8, 4) is 0 Å². The minimum absolute atomic E-state index is 0.288. The van der Waals surface area contributed by atoms with Gasteiger partial charge in [0.05, 0.1) is 24.7 Å². The largest absolute Gasteiger partial charge is 0.502 e. The zero-order chi connectivity index (χ0) is 15.2. The van der Waals surface area contributed by atoms with Crippen molar-refractivity contribution in [1.29, 1.82) is 0 Å². The third-order valence-electron chi connectivity index (χ3n) is 2.70. The summed E-state index contributed by atoms with van der Waals surface area (Å²) >= 11 is 0. The van der Waals surface area contributed by atoms with Crippen LogP contribution in [0.2, 0.25) is 0 Å². The van der Waals surface area contributed by atoms with E-state index in [0.29, 0.717) is 17.8 Å². The lowest BCUT2D eigenvalue weighted by atomic mass is 10.1. The molecular formula is C15H13FN2O3. The van der Waals surface area contributed by atoms with Crippen LogP contribution in [0.4, 0.5) is 4.39 Å². The monoisotopic (exact) mass is 288 g/mol. The number of aliphatic hydroxyl groups excluding tert-OH is 1. The molecule has 0 fully saturated rings.